The van der Waals surface area contributed by atoms with Gasteiger partial charge in [0.1, 0.15) is 0 Å². The van der Waals surface area contributed by atoms with Gasteiger partial charge < -0.3 is 9.05 Å². The molecule has 0 radical (unpaired) electrons. The number of aromatic nitrogens is 1. The largest absolute Gasteiger partial charge is 0.475 e. The summed E-state index contributed by atoms with van der Waals surface area (Å²) in [6.45, 7) is 0. The standard InChI is InChI=1S/C5H7NO2P2/c9-7-4-2-1-3-6-5(4)8-10/h1-3H,9-10H2. The Bertz CT molecular complexity index is 196. The van der Waals surface area contributed by atoms with Crippen LogP contribution in [0.1, 0.15) is 0 Å². The van der Waals surface area contributed by atoms with E-state index < -0.39 is 0 Å². The van der Waals surface area contributed by atoms with E-state index in [4.69, 9.17) is 9.05 Å². The predicted octanol–water partition coefficient (Wildman–Crippen LogP) is 1.42. The lowest BCUT2D eigenvalue weighted by molar-refractivity contribution is 0.548. The molecule has 0 amide bonds. The predicted molar refractivity (Wildman–Crippen MR) is 44.9 cm³/mol. The number of hydrogen-bond acceptors (Lipinski definition) is 3. The molecule has 0 spiro atoms. The molecule has 0 aliphatic carbocycles. The SMILES string of the molecule is POc1cccnc1OP. The number of nitrogens with zero attached hydrogens (tertiary/aromatic N) is 1. The Morgan fingerprint density at radius 1 is 1.30 bits per heavy atom. The fourth-order valence-electron chi connectivity index (χ4n) is 0.554. The maximum atomic E-state index is 4.85. The Morgan fingerprint density at radius 3 is 2.60 bits per heavy atom. The third kappa shape index (κ3) is 1.56. The van der Waals surface area contributed by atoms with E-state index >= 15 is 0 Å². The minimum atomic E-state index is 0.461. The highest BCUT2D eigenvalue weighted by atomic mass is 31.0. The van der Waals surface area contributed by atoms with Gasteiger partial charge in [0.2, 0.25) is 0 Å². The van der Waals surface area contributed by atoms with Crippen molar-refractivity contribution in [1.82, 2.24) is 4.98 Å². The number of pyridine rings is 1. The van der Waals surface area contributed by atoms with Crippen LogP contribution in [0.3, 0.4) is 0 Å². The van der Waals surface area contributed by atoms with Crippen molar-refractivity contribution in [3.05, 3.63) is 18.3 Å². The Kier molecular flexibility index (Phi) is 2.85. The van der Waals surface area contributed by atoms with Crippen molar-refractivity contribution in [2.24, 2.45) is 0 Å². The van der Waals surface area contributed by atoms with Crippen LogP contribution in [0.5, 0.6) is 11.6 Å². The fourth-order valence-corrected chi connectivity index (χ4v) is 0.911. The van der Waals surface area contributed by atoms with Gasteiger partial charge in [-0.15, -0.1) is 0 Å². The minimum Gasteiger partial charge on any atom is -0.475 e. The first-order chi connectivity index (χ1) is 4.88. The summed E-state index contributed by atoms with van der Waals surface area (Å²) in [6.07, 6.45) is 1.63. The van der Waals surface area contributed by atoms with Gasteiger partial charge >= 0.3 is 0 Å². The molecule has 1 heterocycles. The van der Waals surface area contributed by atoms with Gasteiger partial charge in [0, 0.05) is 6.20 Å². The zero-order valence-corrected chi connectivity index (χ0v) is 7.46. The fraction of sp³-hybridized carbons (Fsp3) is 0. The normalized spacial score (nSPS) is 9.00. The van der Waals surface area contributed by atoms with Gasteiger partial charge in [-0.1, -0.05) is 0 Å². The molecule has 1 rings (SSSR count). The molecule has 5 heteroatoms. The van der Waals surface area contributed by atoms with Crippen LogP contribution >= 0.6 is 18.9 Å². The summed E-state index contributed by atoms with van der Waals surface area (Å²) >= 11 is 0. The summed E-state index contributed by atoms with van der Waals surface area (Å²) in [6, 6.07) is 3.53. The smallest absolute Gasteiger partial charge is 0.259 e. The number of rotatable bonds is 2. The first-order valence-corrected chi connectivity index (χ1v) is 3.51. The molecular weight excluding hydrogens is 168 g/mol. The Labute approximate surface area is 63.7 Å². The number of hydrogen-bond donors (Lipinski definition) is 0. The van der Waals surface area contributed by atoms with Gasteiger partial charge in [-0.3, -0.25) is 0 Å². The van der Waals surface area contributed by atoms with Crippen LogP contribution < -0.4 is 9.05 Å². The lowest BCUT2D eigenvalue weighted by atomic mass is 10.4. The molecule has 0 N–H and O–H groups in total. The van der Waals surface area contributed by atoms with Crippen molar-refractivity contribution in [2.75, 3.05) is 0 Å². The van der Waals surface area contributed by atoms with Gasteiger partial charge in [0.25, 0.3) is 5.88 Å². The summed E-state index contributed by atoms with van der Waals surface area (Å²) in [5.41, 5.74) is 0. The van der Waals surface area contributed by atoms with Gasteiger partial charge in [-0.05, 0) is 12.1 Å². The second-order valence-electron chi connectivity index (χ2n) is 1.54. The molecule has 2 atom stereocenters. The van der Waals surface area contributed by atoms with E-state index in [1.165, 1.54) is 0 Å². The summed E-state index contributed by atoms with van der Waals surface area (Å²) in [4.78, 5) is 3.89. The first-order valence-electron chi connectivity index (χ1n) is 2.57. The molecule has 0 saturated carbocycles. The van der Waals surface area contributed by atoms with Crippen LogP contribution in [0.4, 0.5) is 0 Å². The quantitative estimate of drug-likeness (QED) is 0.637. The highest BCUT2D eigenvalue weighted by Gasteiger charge is 1.99. The van der Waals surface area contributed by atoms with Gasteiger partial charge in [-0.2, -0.15) is 0 Å². The molecule has 0 aromatic carbocycles. The molecule has 1 aromatic heterocycles. The lowest BCUT2D eigenvalue weighted by Gasteiger charge is -2.02. The molecule has 0 saturated heterocycles. The van der Waals surface area contributed by atoms with Crippen molar-refractivity contribution < 1.29 is 9.05 Å². The maximum Gasteiger partial charge on any atom is 0.259 e. The first kappa shape index (κ1) is 7.71. The summed E-state index contributed by atoms with van der Waals surface area (Å²) < 4.78 is 9.66. The Morgan fingerprint density at radius 2 is 2.10 bits per heavy atom. The summed E-state index contributed by atoms with van der Waals surface area (Å²) in [7, 11) is 4.23. The zero-order valence-electron chi connectivity index (χ0n) is 5.15. The monoisotopic (exact) mass is 175 g/mol. The topological polar surface area (TPSA) is 31.4 Å². The van der Waals surface area contributed by atoms with Crippen molar-refractivity contribution in [1.29, 1.82) is 0 Å². The van der Waals surface area contributed by atoms with E-state index in [1.54, 1.807) is 18.3 Å². The highest BCUT2D eigenvalue weighted by Crippen LogP contribution is 2.25. The summed E-state index contributed by atoms with van der Waals surface area (Å²) in [5.74, 6) is 1.06. The second kappa shape index (κ2) is 3.70. The Balaban J connectivity index is 2.96. The van der Waals surface area contributed by atoms with Crippen LogP contribution in [0.2, 0.25) is 0 Å². The van der Waals surface area contributed by atoms with Crippen LogP contribution in [0, 0.1) is 0 Å². The van der Waals surface area contributed by atoms with E-state index in [-0.39, 0.29) is 0 Å². The van der Waals surface area contributed by atoms with Crippen LogP contribution in [0.15, 0.2) is 18.3 Å². The molecule has 0 fully saturated rings. The van der Waals surface area contributed by atoms with Crippen molar-refractivity contribution >= 4 is 18.9 Å². The van der Waals surface area contributed by atoms with Crippen molar-refractivity contribution in [2.45, 2.75) is 0 Å². The molecular formula is C5H7NO2P2. The zero-order chi connectivity index (χ0) is 7.40. The van der Waals surface area contributed by atoms with E-state index in [9.17, 15) is 0 Å². The van der Waals surface area contributed by atoms with E-state index in [0.29, 0.717) is 11.6 Å². The van der Waals surface area contributed by atoms with Crippen LogP contribution in [0.25, 0.3) is 0 Å². The van der Waals surface area contributed by atoms with E-state index in [2.05, 4.69) is 23.9 Å². The van der Waals surface area contributed by atoms with Crippen LogP contribution in [-0.2, 0) is 0 Å². The molecule has 10 heavy (non-hydrogen) atoms. The van der Waals surface area contributed by atoms with Gasteiger partial charge in [-0.25, -0.2) is 4.98 Å². The summed E-state index contributed by atoms with van der Waals surface area (Å²) in [5, 5.41) is 0. The molecule has 2 unspecified atom stereocenters. The average Bonchev–Trinajstić information content (AvgIpc) is 2.04. The van der Waals surface area contributed by atoms with Crippen molar-refractivity contribution in [3.8, 4) is 11.6 Å². The van der Waals surface area contributed by atoms with Gasteiger partial charge in [0.15, 0.2) is 5.75 Å². The van der Waals surface area contributed by atoms with Crippen molar-refractivity contribution in [3.63, 3.8) is 0 Å². The maximum absolute atomic E-state index is 4.85. The third-order valence-electron chi connectivity index (χ3n) is 0.975. The molecule has 0 aliphatic rings. The highest BCUT2D eigenvalue weighted by molar-refractivity contribution is 7.10. The van der Waals surface area contributed by atoms with Crippen LogP contribution in [-0.4, -0.2) is 4.98 Å². The average molecular weight is 175 g/mol. The molecule has 0 bridgehead atoms. The van der Waals surface area contributed by atoms with E-state index in [0.717, 1.165) is 0 Å². The van der Waals surface area contributed by atoms with E-state index in [1.807, 2.05) is 0 Å². The molecule has 54 valence electrons. The minimum absolute atomic E-state index is 0.461. The Hall–Kier alpha value is -0.390. The third-order valence-corrected chi connectivity index (χ3v) is 1.45. The van der Waals surface area contributed by atoms with Gasteiger partial charge in [0.05, 0.1) is 18.9 Å². The molecule has 0 aliphatic heterocycles. The molecule has 3 nitrogen and oxygen atoms in total. The molecule has 1 aromatic rings. The second-order valence-corrected chi connectivity index (χ2v) is 2.01. The lowest BCUT2D eigenvalue weighted by Crippen LogP contribution is -1.83.